The van der Waals surface area contributed by atoms with Crippen molar-refractivity contribution in [3.63, 3.8) is 0 Å². The summed E-state index contributed by atoms with van der Waals surface area (Å²) in [4.78, 5) is 4.60. The minimum atomic E-state index is 0.822. The summed E-state index contributed by atoms with van der Waals surface area (Å²) in [5.41, 5.74) is 3.06. The second-order valence-corrected chi connectivity index (χ2v) is 5.97. The Bertz CT molecular complexity index is 778. The van der Waals surface area contributed by atoms with E-state index in [-0.39, 0.29) is 0 Å². The molecule has 0 aliphatic heterocycles. The van der Waals surface area contributed by atoms with Crippen LogP contribution in [-0.4, -0.2) is 19.2 Å². The van der Waals surface area contributed by atoms with Crippen molar-refractivity contribution in [3.05, 3.63) is 52.5 Å². The Labute approximate surface area is 133 Å². The average molecular weight is 311 g/mol. The summed E-state index contributed by atoms with van der Waals surface area (Å²) >= 11 is 1.68. The fraction of sp³-hybridized carbons (Fsp3) is 0.167. The topological polar surface area (TPSA) is 31.4 Å². The molecule has 3 nitrogen and oxygen atoms in total. The van der Waals surface area contributed by atoms with Crippen LogP contribution in [0, 0.1) is 6.92 Å². The first-order valence-corrected chi connectivity index (χ1v) is 7.79. The van der Waals surface area contributed by atoms with E-state index in [4.69, 9.17) is 9.47 Å². The van der Waals surface area contributed by atoms with Crippen LogP contribution in [0.4, 0.5) is 0 Å². The van der Waals surface area contributed by atoms with Gasteiger partial charge in [-0.05, 0) is 42.8 Å². The summed E-state index contributed by atoms with van der Waals surface area (Å²) in [7, 11) is 3.34. The zero-order chi connectivity index (χ0) is 15.5. The van der Waals surface area contributed by atoms with Gasteiger partial charge in [-0.2, -0.15) is 0 Å². The van der Waals surface area contributed by atoms with Crippen molar-refractivity contribution >= 4 is 33.7 Å². The number of ether oxygens (including phenoxy) is 2. The van der Waals surface area contributed by atoms with Crippen LogP contribution < -0.4 is 9.47 Å². The summed E-state index contributed by atoms with van der Waals surface area (Å²) in [5, 5.41) is 0.986. The van der Waals surface area contributed by atoms with E-state index in [0.29, 0.717) is 0 Å². The Morgan fingerprint density at radius 3 is 2.32 bits per heavy atom. The van der Waals surface area contributed by atoms with Crippen LogP contribution >= 0.6 is 11.3 Å². The lowest BCUT2D eigenvalue weighted by molar-refractivity contribution is 0.388. The standard InChI is InChI=1S/C18H17NO2S/c1-12-15(20-2)10-13(11-16(12)21-3)8-9-18-19-14-6-4-5-7-17(14)22-18/h4-11H,1-3H3/b9-8+. The number of fused-ring (bicyclic) bond motifs is 1. The predicted octanol–water partition coefficient (Wildman–Crippen LogP) is 4.79. The Kier molecular flexibility index (Phi) is 4.11. The quantitative estimate of drug-likeness (QED) is 0.694. The van der Waals surface area contributed by atoms with Crippen molar-refractivity contribution in [1.82, 2.24) is 4.98 Å². The first-order valence-electron chi connectivity index (χ1n) is 6.97. The van der Waals surface area contributed by atoms with E-state index >= 15 is 0 Å². The molecule has 0 unspecified atom stereocenters. The molecule has 0 saturated heterocycles. The van der Waals surface area contributed by atoms with Gasteiger partial charge in [0.15, 0.2) is 0 Å². The lowest BCUT2D eigenvalue weighted by Crippen LogP contribution is -1.93. The van der Waals surface area contributed by atoms with E-state index < -0.39 is 0 Å². The number of rotatable bonds is 4. The second kappa shape index (κ2) is 6.20. The molecule has 0 aliphatic carbocycles. The minimum Gasteiger partial charge on any atom is -0.496 e. The monoisotopic (exact) mass is 311 g/mol. The molecule has 0 amide bonds. The molecule has 1 heterocycles. The van der Waals surface area contributed by atoms with Gasteiger partial charge >= 0.3 is 0 Å². The van der Waals surface area contributed by atoms with Crippen LogP contribution in [-0.2, 0) is 0 Å². The number of thiazole rings is 1. The van der Waals surface area contributed by atoms with Crippen LogP contribution in [0.3, 0.4) is 0 Å². The zero-order valence-corrected chi connectivity index (χ0v) is 13.6. The third-order valence-corrected chi connectivity index (χ3v) is 4.50. The van der Waals surface area contributed by atoms with Crippen molar-refractivity contribution in [3.8, 4) is 11.5 Å². The van der Waals surface area contributed by atoms with Gasteiger partial charge in [-0.3, -0.25) is 0 Å². The summed E-state index contributed by atoms with van der Waals surface area (Å²) in [6, 6.07) is 12.2. The second-order valence-electron chi connectivity index (χ2n) is 4.90. The van der Waals surface area contributed by atoms with Crippen LogP contribution in [0.15, 0.2) is 36.4 Å². The highest BCUT2D eigenvalue weighted by molar-refractivity contribution is 7.19. The Hall–Kier alpha value is -2.33. The number of hydrogen-bond acceptors (Lipinski definition) is 4. The predicted molar refractivity (Wildman–Crippen MR) is 92.8 cm³/mol. The SMILES string of the molecule is COc1cc(/C=C/c2nc3ccccc3s2)cc(OC)c1C. The fourth-order valence-corrected chi connectivity index (χ4v) is 3.20. The van der Waals surface area contributed by atoms with E-state index in [2.05, 4.69) is 11.1 Å². The van der Waals surface area contributed by atoms with Gasteiger partial charge in [0, 0.05) is 5.56 Å². The fourth-order valence-electron chi connectivity index (χ4n) is 2.33. The van der Waals surface area contributed by atoms with Crippen LogP contribution in [0.1, 0.15) is 16.1 Å². The van der Waals surface area contributed by atoms with Gasteiger partial charge in [-0.1, -0.05) is 18.2 Å². The van der Waals surface area contributed by atoms with Gasteiger partial charge in [0.2, 0.25) is 0 Å². The molecule has 1 aromatic heterocycles. The summed E-state index contributed by atoms with van der Waals surface area (Å²) in [5.74, 6) is 1.64. The van der Waals surface area contributed by atoms with E-state index in [0.717, 1.165) is 33.2 Å². The minimum absolute atomic E-state index is 0.822. The van der Waals surface area contributed by atoms with E-state index in [1.165, 1.54) is 4.70 Å². The van der Waals surface area contributed by atoms with Gasteiger partial charge in [-0.25, -0.2) is 4.98 Å². The van der Waals surface area contributed by atoms with Gasteiger partial charge in [0.1, 0.15) is 16.5 Å². The summed E-state index contributed by atoms with van der Waals surface area (Å²) in [6.45, 7) is 1.98. The lowest BCUT2D eigenvalue weighted by atomic mass is 10.1. The van der Waals surface area contributed by atoms with Gasteiger partial charge in [-0.15, -0.1) is 11.3 Å². The number of hydrogen-bond donors (Lipinski definition) is 0. The lowest BCUT2D eigenvalue weighted by Gasteiger charge is -2.10. The molecule has 0 spiro atoms. The van der Waals surface area contributed by atoms with Crippen LogP contribution in [0.25, 0.3) is 22.4 Å². The highest BCUT2D eigenvalue weighted by atomic mass is 32.1. The highest BCUT2D eigenvalue weighted by Gasteiger charge is 2.07. The Morgan fingerprint density at radius 2 is 1.68 bits per heavy atom. The number of para-hydroxylation sites is 1. The molecule has 0 atom stereocenters. The van der Waals surface area contributed by atoms with Crippen LogP contribution in [0.5, 0.6) is 11.5 Å². The summed E-state index contributed by atoms with van der Waals surface area (Å²) in [6.07, 6.45) is 4.05. The molecule has 0 radical (unpaired) electrons. The molecule has 22 heavy (non-hydrogen) atoms. The highest BCUT2D eigenvalue weighted by Crippen LogP contribution is 2.30. The van der Waals surface area contributed by atoms with E-state index in [1.807, 2.05) is 49.4 Å². The molecule has 0 N–H and O–H groups in total. The van der Waals surface area contributed by atoms with Crippen molar-refractivity contribution in [2.45, 2.75) is 6.92 Å². The van der Waals surface area contributed by atoms with Crippen molar-refractivity contribution < 1.29 is 9.47 Å². The third kappa shape index (κ3) is 2.83. The smallest absolute Gasteiger partial charge is 0.126 e. The van der Waals surface area contributed by atoms with E-state index in [9.17, 15) is 0 Å². The van der Waals surface area contributed by atoms with Crippen molar-refractivity contribution in [1.29, 1.82) is 0 Å². The molecule has 3 rings (SSSR count). The molecule has 0 saturated carbocycles. The first kappa shape index (κ1) is 14.6. The van der Waals surface area contributed by atoms with Crippen molar-refractivity contribution in [2.75, 3.05) is 14.2 Å². The van der Waals surface area contributed by atoms with Crippen molar-refractivity contribution in [2.24, 2.45) is 0 Å². The molecule has 3 aromatic rings. The molecular weight excluding hydrogens is 294 g/mol. The number of aromatic nitrogens is 1. The first-order chi connectivity index (χ1) is 10.7. The maximum absolute atomic E-state index is 5.40. The maximum Gasteiger partial charge on any atom is 0.126 e. The molecule has 0 bridgehead atoms. The number of methoxy groups -OCH3 is 2. The van der Waals surface area contributed by atoms with Gasteiger partial charge < -0.3 is 9.47 Å². The summed E-state index contributed by atoms with van der Waals surface area (Å²) < 4.78 is 12.0. The zero-order valence-electron chi connectivity index (χ0n) is 12.8. The number of nitrogens with zero attached hydrogens (tertiary/aromatic N) is 1. The average Bonchev–Trinajstić information content (AvgIpc) is 2.96. The number of benzene rings is 2. The Morgan fingerprint density at radius 1 is 1.00 bits per heavy atom. The normalized spacial score (nSPS) is 11.2. The molecule has 112 valence electrons. The van der Waals surface area contributed by atoms with Crippen LogP contribution in [0.2, 0.25) is 0 Å². The Balaban J connectivity index is 1.94. The third-order valence-electron chi connectivity index (χ3n) is 3.50. The van der Waals surface area contributed by atoms with Gasteiger partial charge in [0.25, 0.3) is 0 Å². The maximum atomic E-state index is 5.40. The molecule has 2 aromatic carbocycles. The van der Waals surface area contributed by atoms with E-state index in [1.54, 1.807) is 25.6 Å². The molecule has 4 heteroatoms. The molecule has 0 fully saturated rings. The molecule has 0 aliphatic rings. The molecular formula is C18H17NO2S. The largest absolute Gasteiger partial charge is 0.496 e. The van der Waals surface area contributed by atoms with Gasteiger partial charge in [0.05, 0.1) is 24.4 Å².